The zero-order valence-electron chi connectivity index (χ0n) is 9.32. The highest BCUT2D eigenvalue weighted by molar-refractivity contribution is 4.85. The molecule has 0 aliphatic rings. The topological polar surface area (TPSA) is 42.7 Å². The molecular weight excluding hydrogens is 176 g/mol. The van der Waals surface area contributed by atoms with Gasteiger partial charge in [0.05, 0.1) is 0 Å². The molecule has 1 N–H and O–H groups in total. The van der Waals surface area contributed by atoms with Crippen LogP contribution < -0.4 is 5.32 Å². The molecule has 1 aromatic heterocycles. The van der Waals surface area contributed by atoms with Crippen molar-refractivity contribution in [1.29, 1.82) is 0 Å². The molecule has 0 radical (unpaired) electrons. The normalized spacial score (nSPS) is 13.1. The van der Waals surface area contributed by atoms with Crippen molar-refractivity contribution in [3.8, 4) is 0 Å². The number of rotatable bonds is 6. The Bertz CT molecular complexity index is 256. The van der Waals surface area contributed by atoms with Crippen LogP contribution in [0.3, 0.4) is 0 Å². The summed E-state index contributed by atoms with van der Waals surface area (Å²) in [5, 5.41) is 7.39. The van der Waals surface area contributed by atoms with Gasteiger partial charge in [0.25, 0.3) is 0 Å². The fraction of sp³-hybridized carbons (Fsp3) is 0.800. The van der Waals surface area contributed by atoms with E-state index in [-0.39, 0.29) is 0 Å². The first-order valence-corrected chi connectivity index (χ1v) is 5.27. The Labute approximate surface area is 85.7 Å². The zero-order valence-corrected chi connectivity index (χ0v) is 9.32. The number of aryl methyl sites for hydroxylation is 1. The summed E-state index contributed by atoms with van der Waals surface area (Å²) in [6, 6.07) is 0. The van der Waals surface area contributed by atoms with E-state index >= 15 is 0 Å². The Kier molecular flexibility index (Phi) is 4.59. The second-order valence-corrected chi connectivity index (χ2v) is 3.75. The molecule has 0 aromatic carbocycles. The largest absolute Gasteiger partial charge is 0.317 e. The molecule has 14 heavy (non-hydrogen) atoms. The molecule has 0 fully saturated rings. The van der Waals surface area contributed by atoms with Gasteiger partial charge >= 0.3 is 0 Å². The summed E-state index contributed by atoms with van der Waals surface area (Å²) < 4.78 is 1.85. The van der Waals surface area contributed by atoms with E-state index < -0.39 is 0 Å². The Hall–Kier alpha value is -0.900. The van der Waals surface area contributed by atoms with E-state index in [1.54, 1.807) is 6.33 Å². The summed E-state index contributed by atoms with van der Waals surface area (Å²) in [7, 11) is 1.94. The number of nitrogens with one attached hydrogen (secondary N) is 1. The first kappa shape index (κ1) is 11.2. The lowest BCUT2D eigenvalue weighted by atomic mass is 10.0. The van der Waals surface area contributed by atoms with Crippen molar-refractivity contribution in [3.63, 3.8) is 0 Å². The van der Waals surface area contributed by atoms with E-state index in [0.717, 1.165) is 25.3 Å². The Morgan fingerprint density at radius 2 is 2.36 bits per heavy atom. The molecule has 0 saturated heterocycles. The Morgan fingerprint density at radius 1 is 1.57 bits per heavy atom. The smallest absolute Gasteiger partial charge is 0.138 e. The third-order valence-electron chi connectivity index (χ3n) is 2.40. The van der Waals surface area contributed by atoms with Crippen molar-refractivity contribution in [1.82, 2.24) is 20.1 Å². The van der Waals surface area contributed by atoms with Gasteiger partial charge in [0.1, 0.15) is 12.2 Å². The van der Waals surface area contributed by atoms with Crippen LogP contribution in [0.15, 0.2) is 6.33 Å². The molecule has 0 saturated carbocycles. The highest BCUT2D eigenvalue weighted by Crippen LogP contribution is 2.07. The van der Waals surface area contributed by atoms with Crippen LogP contribution in [-0.2, 0) is 13.5 Å². The lowest BCUT2D eigenvalue weighted by Gasteiger charge is -2.10. The predicted molar refractivity (Wildman–Crippen MR) is 57.0 cm³/mol. The molecule has 1 unspecified atom stereocenters. The van der Waals surface area contributed by atoms with Crippen LogP contribution >= 0.6 is 0 Å². The van der Waals surface area contributed by atoms with Crippen LogP contribution in [0.5, 0.6) is 0 Å². The van der Waals surface area contributed by atoms with Gasteiger partial charge < -0.3 is 5.32 Å². The maximum Gasteiger partial charge on any atom is 0.138 e. The van der Waals surface area contributed by atoms with E-state index in [4.69, 9.17) is 0 Å². The van der Waals surface area contributed by atoms with E-state index in [0.29, 0.717) is 5.92 Å². The van der Waals surface area contributed by atoms with Gasteiger partial charge in [-0.25, -0.2) is 4.98 Å². The molecule has 0 spiro atoms. The molecule has 1 aromatic rings. The van der Waals surface area contributed by atoms with Gasteiger partial charge in [-0.15, -0.1) is 0 Å². The van der Waals surface area contributed by atoms with Crippen LogP contribution in [-0.4, -0.2) is 27.9 Å². The monoisotopic (exact) mass is 196 g/mol. The first-order chi connectivity index (χ1) is 6.74. The highest BCUT2D eigenvalue weighted by Gasteiger charge is 2.07. The molecule has 0 amide bonds. The minimum absolute atomic E-state index is 0.664. The van der Waals surface area contributed by atoms with Gasteiger partial charge in [-0.1, -0.05) is 13.8 Å². The Morgan fingerprint density at radius 3 is 2.93 bits per heavy atom. The predicted octanol–water partition coefficient (Wildman–Crippen LogP) is 0.993. The van der Waals surface area contributed by atoms with Gasteiger partial charge in [0.2, 0.25) is 0 Å². The summed E-state index contributed by atoms with van der Waals surface area (Å²) in [6.45, 7) is 6.53. The quantitative estimate of drug-likeness (QED) is 0.690. The lowest BCUT2D eigenvalue weighted by Crippen LogP contribution is -2.18. The van der Waals surface area contributed by atoms with Crippen LogP contribution in [0.2, 0.25) is 0 Å². The van der Waals surface area contributed by atoms with Crippen molar-refractivity contribution >= 4 is 0 Å². The average Bonchev–Trinajstić information content (AvgIpc) is 2.52. The third kappa shape index (κ3) is 3.46. The van der Waals surface area contributed by atoms with Gasteiger partial charge in [0, 0.05) is 13.5 Å². The van der Waals surface area contributed by atoms with Crippen molar-refractivity contribution in [2.75, 3.05) is 13.1 Å². The summed E-state index contributed by atoms with van der Waals surface area (Å²) in [4.78, 5) is 4.22. The summed E-state index contributed by atoms with van der Waals surface area (Å²) >= 11 is 0. The number of nitrogens with zero attached hydrogens (tertiary/aromatic N) is 3. The second-order valence-electron chi connectivity index (χ2n) is 3.75. The fourth-order valence-corrected chi connectivity index (χ4v) is 1.44. The maximum atomic E-state index is 4.22. The average molecular weight is 196 g/mol. The molecule has 1 rings (SSSR count). The zero-order chi connectivity index (χ0) is 10.4. The molecule has 0 aliphatic heterocycles. The molecule has 4 nitrogen and oxygen atoms in total. The maximum absolute atomic E-state index is 4.22. The van der Waals surface area contributed by atoms with Crippen LogP contribution in [0.25, 0.3) is 0 Å². The summed E-state index contributed by atoms with van der Waals surface area (Å²) in [5.41, 5.74) is 0. The summed E-state index contributed by atoms with van der Waals surface area (Å²) in [5.74, 6) is 1.74. The molecular formula is C10H20N4. The van der Waals surface area contributed by atoms with Crippen LogP contribution in [0.1, 0.15) is 26.1 Å². The molecule has 4 heteroatoms. The SMILES string of the molecule is CCNCCC(C)Cc1ncnn1C. The molecule has 80 valence electrons. The van der Waals surface area contributed by atoms with E-state index in [2.05, 4.69) is 29.2 Å². The number of hydrogen-bond acceptors (Lipinski definition) is 3. The minimum atomic E-state index is 0.664. The third-order valence-corrected chi connectivity index (χ3v) is 2.40. The van der Waals surface area contributed by atoms with Gasteiger partial charge in [-0.3, -0.25) is 4.68 Å². The molecule has 1 atom stereocenters. The Balaban J connectivity index is 2.27. The highest BCUT2D eigenvalue weighted by atomic mass is 15.3. The van der Waals surface area contributed by atoms with Crippen molar-refractivity contribution < 1.29 is 0 Å². The standard InChI is InChI=1S/C10H20N4/c1-4-11-6-5-9(2)7-10-12-8-13-14(10)3/h8-9,11H,4-7H2,1-3H3. The van der Waals surface area contributed by atoms with Gasteiger partial charge in [-0.2, -0.15) is 5.10 Å². The fourth-order valence-electron chi connectivity index (χ4n) is 1.44. The van der Waals surface area contributed by atoms with Gasteiger partial charge in [0.15, 0.2) is 0 Å². The van der Waals surface area contributed by atoms with Crippen molar-refractivity contribution in [2.24, 2.45) is 13.0 Å². The number of aromatic nitrogens is 3. The molecule has 1 heterocycles. The second kappa shape index (κ2) is 5.75. The van der Waals surface area contributed by atoms with Crippen LogP contribution in [0, 0.1) is 5.92 Å². The lowest BCUT2D eigenvalue weighted by molar-refractivity contribution is 0.483. The van der Waals surface area contributed by atoms with E-state index in [1.165, 1.54) is 6.42 Å². The molecule has 0 aliphatic carbocycles. The van der Waals surface area contributed by atoms with E-state index in [9.17, 15) is 0 Å². The van der Waals surface area contributed by atoms with Crippen molar-refractivity contribution in [3.05, 3.63) is 12.2 Å². The van der Waals surface area contributed by atoms with Crippen molar-refractivity contribution in [2.45, 2.75) is 26.7 Å². The number of hydrogen-bond donors (Lipinski definition) is 1. The van der Waals surface area contributed by atoms with Crippen LogP contribution in [0.4, 0.5) is 0 Å². The van der Waals surface area contributed by atoms with Gasteiger partial charge in [-0.05, 0) is 25.4 Å². The first-order valence-electron chi connectivity index (χ1n) is 5.27. The molecule has 0 bridgehead atoms. The van der Waals surface area contributed by atoms with E-state index in [1.807, 2.05) is 11.7 Å². The summed E-state index contributed by atoms with van der Waals surface area (Å²) in [6.07, 6.45) is 3.83. The minimum Gasteiger partial charge on any atom is -0.317 e.